The van der Waals surface area contributed by atoms with Crippen LogP contribution >= 0.6 is 34.2 Å². The van der Waals surface area contributed by atoms with Crippen LogP contribution in [0.5, 0.6) is 5.75 Å². The molecule has 4 nitrogen and oxygen atoms in total. The van der Waals surface area contributed by atoms with Crippen molar-refractivity contribution in [3.05, 3.63) is 21.0 Å². The first-order valence-corrected chi connectivity index (χ1v) is 6.44. The zero-order chi connectivity index (χ0) is 14.6. The summed E-state index contributed by atoms with van der Waals surface area (Å²) in [4.78, 5) is 15.0. The van der Waals surface area contributed by atoms with Crippen LogP contribution in [-0.4, -0.2) is 24.4 Å². The molecule has 0 aliphatic heterocycles. The minimum Gasteiger partial charge on any atom is -0.469 e. The van der Waals surface area contributed by atoms with Gasteiger partial charge in [0.25, 0.3) is 0 Å². The van der Waals surface area contributed by atoms with Crippen LogP contribution in [0.4, 0.5) is 13.2 Å². The van der Waals surface area contributed by atoms with E-state index in [9.17, 15) is 18.0 Å². The average Bonchev–Trinajstić information content (AvgIpc) is 2.32. The van der Waals surface area contributed by atoms with Crippen LogP contribution in [0.15, 0.2) is 6.20 Å². The number of aromatic nitrogens is 1. The van der Waals surface area contributed by atoms with Crippen LogP contribution < -0.4 is 4.74 Å². The zero-order valence-electron chi connectivity index (χ0n) is 9.55. The highest BCUT2D eigenvalue weighted by atomic mass is 127. The van der Waals surface area contributed by atoms with Gasteiger partial charge < -0.3 is 9.47 Å². The van der Waals surface area contributed by atoms with E-state index in [0.29, 0.717) is 0 Å². The molecule has 0 aliphatic carbocycles. The molecule has 1 aromatic rings. The predicted octanol–water partition coefficient (Wildman–Crippen LogP) is 3.04. The summed E-state index contributed by atoms with van der Waals surface area (Å²) in [5.74, 6) is -1.23. The van der Waals surface area contributed by atoms with Crippen molar-refractivity contribution in [3.63, 3.8) is 0 Å². The summed E-state index contributed by atoms with van der Waals surface area (Å²) in [6.07, 6.45) is -3.94. The Balaban J connectivity index is 3.18. The Labute approximate surface area is 125 Å². The van der Waals surface area contributed by atoms with Crippen molar-refractivity contribution in [2.45, 2.75) is 18.7 Å². The molecule has 106 valence electrons. The average molecular weight is 410 g/mol. The fraction of sp³-hybridized carbons (Fsp3) is 0.400. The largest absolute Gasteiger partial charge is 0.573 e. The molecule has 19 heavy (non-hydrogen) atoms. The molecule has 9 heteroatoms. The second-order valence-electron chi connectivity index (χ2n) is 3.31. The van der Waals surface area contributed by atoms with Crippen molar-refractivity contribution in [3.8, 4) is 5.75 Å². The maximum absolute atomic E-state index is 12.3. The highest BCUT2D eigenvalue weighted by molar-refractivity contribution is 14.1. The zero-order valence-corrected chi connectivity index (χ0v) is 12.5. The molecule has 0 saturated heterocycles. The van der Waals surface area contributed by atoms with Crippen molar-refractivity contribution < 1.29 is 27.4 Å². The fourth-order valence-electron chi connectivity index (χ4n) is 1.20. The van der Waals surface area contributed by atoms with E-state index in [1.165, 1.54) is 7.11 Å². The number of alkyl halides is 4. The van der Waals surface area contributed by atoms with Gasteiger partial charge in [-0.2, -0.15) is 0 Å². The third kappa shape index (κ3) is 4.68. The molecule has 0 saturated carbocycles. The number of halogens is 5. The Morgan fingerprint density at radius 3 is 2.63 bits per heavy atom. The highest BCUT2D eigenvalue weighted by Crippen LogP contribution is 2.33. The molecule has 0 amide bonds. The molecule has 0 aliphatic rings. The molecule has 0 unspecified atom stereocenters. The maximum Gasteiger partial charge on any atom is 0.573 e. The van der Waals surface area contributed by atoms with Gasteiger partial charge in [0, 0.05) is 11.8 Å². The van der Waals surface area contributed by atoms with Gasteiger partial charge in [0.15, 0.2) is 5.75 Å². The van der Waals surface area contributed by atoms with Crippen molar-refractivity contribution in [1.29, 1.82) is 0 Å². The normalized spacial score (nSPS) is 11.3. The van der Waals surface area contributed by atoms with Crippen LogP contribution in [0, 0.1) is 3.57 Å². The Kier molecular flexibility index (Phi) is 5.65. The van der Waals surface area contributed by atoms with E-state index in [2.05, 4.69) is 14.5 Å². The van der Waals surface area contributed by atoms with E-state index in [4.69, 9.17) is 11.6 Å². The summed E-state index contributed by atoms with van der Waals surface area (Å²) < 4.78 is 45.4. The van der Waals surface area contributed by atoms with E-state index in [1.54, 1.807) is 22.6 Å². The molecule has 0 bridgehead atoms. The Hall–Kier alpha value is -0.770. The summed E-state index contributed by atoms with van der Waals surface area (Å²) in [5.41, 5.74) is 0.234. The van der Waals surface area contributed by atoms with E-state index in [1.807, 2.05) is 0 Å². The second-order valence-corrected chi connectivity index (χ2v) is 4.65. The first-order chi connectivity index (χ1) is 8.78. The Morgan fingerprint density at radius 1 is 1.53 bits per heavy atom. The molecule has 0 aromatic carbocycles. The topological polar surface area (TPSA) is 48.4 Å². The van der Waals surface area contributed by atoms with Crippen LogP contribution in [0.25, 0.3) is 0 Å². The molecule has 1 aromatic heterocycles. The van der Waals surface area contributed by atoms with Crippen LogP contribution in [0.3, 0.4) is 0 Å². The standard InChI is InChI=1S/C10H8ClF3INO3/c1-18-7(17)2-6-8(15)9(19-10(12,13)14)5(3-11)4-16-6/h4H,2-3H2,1H3. The summed E-state index contributed by atoms with van der Waals surface area (Å²) >= 11 is 7.16. The summed E-state index contributed by atoms with van der Waals surface area (Å²) in [5, 5.41) is 0. The van der Waals surface area contributed by atoms with E-state index in [0.717, 1.165) is 6.20 Å². The second kappa shape index (κ2) is 6.60. The summed E-state index contributed by atoms with van der Waals surface area (Å²) in [6, 6.07) is 0. The van der Waals surface area contributed by atoms with E-state index >= 15 is 0 Å². The number of methoxy groups -OCH3 is 1. The quantitative estimate of drug-likeness (QED) is 0.436. The molecule has 0 N–H and O–H groups in total. The molecule has 1 rings (SSSR count). The first kappa shape index (κ1) is 16.3. The monoisotopic (exact) mass is 409 g/mol. The van der Waals surface area contributed by atoms with Gasteiger partial charge in [-0.1, -0.05) is 0 Å². The van der Waals surface area contributed by atoms with Crippen molar-refractivity contribution in [2.75, 3.05) is 7.11 Å². The van der Waals surface area contributed by atoms with Crippen LogP contribution in [0.2, 0.25) is 0 Å². The van der Waals surface area contributed by atoms with Gasteiger partial charge in [0.1, 0.15) is 0 Å². The van der Waals surface area contributed by atoms with Gasteiger partial charge in [0.2, 0.25) is 0 Å². The number of carbonyl (C=O) groups is 1. The van der Waals surface area contributed by atoms with Crippen molar-refractivity contribution in [1.82, 2.24) is 4.98 Å². The maximum atomic E-state index is 12.3. The van der Waals surface area contributed by atoms with Gasteiger partial charge in [-0.05, 0) is 22.6 Å². The van der Waals surface area contributed by atoms with Crippen molar-refractivity contribution >= 4 is 40.2 Å². The number of rotatable bonds is 4. The van der Waals surface area contributed by atoms with E-state index in [-0.39, 0.29) is 27.1 Å². The minimum atomic E-state index is -4.84. The Bertz CT molecular complexity index is 482. The van der Waals surface area contributed by atoms with Gasteiger partial charge in [-0.25, -0.2) is 0 Å². The molecule has 0 fully saturated rings. The first-order valence-electron chi connectivity index (χ1n) is 4.83. The number of ether oxygens (including phenoxy) is 2. The number of pyridine rings is 1. The minimum absolute atomic E-state index is 0.0819. The number of nitrogens with zero attached hydrogens (tertiary/aromatic N) is 1. The lowest BCUT2D eigenvalue weighted by Crippen LogP contribution is -2.20. The molecular weight excluding hydrogens is 401 g/mol. The van der Waals surface area contributed by atoms with Gasteiger partial charge >= 0.3 is 12.3 Å². The number of hydrogen-bond acceptors (Lipinski definition) is 4. The third-order valence-electron chi connectivity index (χ3n) is 2.02. The molecule has 0 radical (unpaired) electrons. The summed E-state index contributed by atoms with van der Waals surface area (Å²) in [7, 11) is 1.18. The van der Waals surface area contributed by atoms with Gasteiger partial charge in [0.05, 0.1) is 28.7 Å². The van der Waals surface area contributed by atoms with Crippen LogP contribution in [-0.2, 0) is 21.8 Å². The lowest BCUT2D eigenvalue weighted by Gasteiger charge is -2.15. The smallest absolute Gasteiger partial charge is 0.469 e. The van der Waals surface area contributed by atoms with Crippen molar-refractivity contribution in [2.24, 2.45) is 0 Å². The van der Waals surface area contributed by atoms with Gasteiger partial charge in [-0.15, -0.1) is 24.8 Å². The molecule has 0 spiro atoms. The third-order valence-corrected chi connectivity index (χ3v) is 3.42. The van der Waals surface area contributed by atoms with Gasteiger partial charge in [-0.3, -0.25) is 9.78 Å². The van der Waals surface area contributed by atoms with E-state index < -0.39 is 18.1 Å². The molecule has 1 heterocycles. The fourth-order valence-corrected chi connectivity index (χ4v) is 2.17. The lowest BCUT2D eigenvalue weighted by atomic mass is 10.2. The molecule has 0 atom stereocenters. The predicted molar refractivity (Wildman–Crippen MR) is 68.9 cm³/mol. The lowest BCUT2D eigenvalue weighted by molar-refractivity contribution is -0.275. The number of esters is 1. The molecular formula is C10H8ClF3INO3. The van der Waals surface area contributed by atoms with Crippen LogP contribution in [0.1, 0.15) is 11.3 Å². The number of carbonyl (C=O) groups excluding carboxylic acids is 1. The number of hydrogen-bond donors (Lipinski definition) is 0. The summed E-state index contributed by atoms with van der Waals surface area (Å²) in [6.45, 7) is 0. The highest BCUT2D eigenvalue weighted by Gasteiger charge is 2.34. The Morgan fingerprint density at radius 2 is 2.16 bits per heavy atom. The SMILES string of the molecule is COC(=O)Cc1ncc(CCl)c(OC(F)(F)F)c1I.